The van der Waals surface area contributed by atoms with Crippen molar-refractivity contribution in [1.82, 2.24) is 19.9 Å². The minimum absolute atomic E-state index is 0.283. The van der Waals surface area contributed by atoms with Crippen molar-refractivity contribution in [2.75, 3.05) is 25.0 Å². The first-order valence-electron chi connectivity index (χ1n) is 9.85. The molecule has 2 aromatic heterocycles. The highest BCUT2D eigenvalue weighted by Crippen LogP contribution is 2.28. The number of piperidine rings is 1. The number of benzene rings is 1. The molecule has 0 aliphatic carbocycles. The Balaban J connectivity index is 1.66. The topological polar surface area (TPSA) is 65.4 Å². The standard InChI is InChI=1S/C22H27N5O/c1-16-5-6-21-17(10-16)11-18(13-26(2)14-19-12-23-7-8-24-19)22(25-21)27-9-3-4-20(28)15-27/h5-8,10-12,20,28H,3-4,9,13-15H2,1-2H3. The van der Waals surface area contributed by atoms with Crippen LogP contribution in [-0.4, -0.2) is 51.2 Å². The quantitative estimate of drug-likeness (QED) is 0.738. The zero-order chi connectivity index (χ0) is 19.5. The van der Waals surface area contributed by atoms with E-state index in [0.717, 1.165) is 54.9 Å². The SMILES string of the molecule is Cc1ccc2nc(N3CCCC(O)C3)c(CN(C)Cc3cnccn3)cc2c1. The Hall–Kier alpha value is -2.57. The third kappa shape index (κ3) is 4.29. The van der Waals surface area contributed by atoms with E-state index in [1.165, 1.54) is 11.1 Å². The summed E-state index contributed by atoms with van der Waals surface area (Å²) >= 11 is 0. The molecule has 4 rings (SSSR count). The maximum Gasteiger partial charge on any atom is 0.133 e. The van der Waals surface area contributed by atoms with Gasteiger partial charge < -0.3 is 10.0 Å². The largest absolute Gasteiger partial charge is 0.391 e. The van der Waals surface area contributed by atoms with Crippen molar-refractivity contribution in [1.29, 1.82) is 0 Å². The maximum absolute atomic E-state index is 10.2. The van der Waals surface area contributed by atoms with Gasteiger partial charge in [-0.2, -0.15) is 0 Å². The zero-order valence-electron chi connectivity index (χ0n) is 16.5. The molecule has 1 fully saturated rings. The van der Waals surface area contributed by atoms with Crippen molar-refractivity contribution in [2.24, 2.45) is 0 Å². The summed E-state index contributed by atoms with van der Waals surface area (Å²) in [5.74, 6) is 0.987. The Morgan fingerprint density at radius 2 is 2.11 bits per heavy atom. The number of aryl methyl sites for hydroxylation is 1. The van der Waals surface area contributed by atoms with Crippen LogP contribution >= 0.6 is 0 Å². The van der Waals surface area contributed by atoms with Gasteiger partial charge in [0.1, 0.15) is 5.82 Å². The van der Waals surface area contributed by atoms with Crippen LogP contribution in [0, 0.1) is 6.92 Å². The molecule has 28 heavy (non-hydrogen) atoms. The van der Waals surface area contributed by atoms with E-state index in [1.807, 2.05) is 0 Å². The lowest BCUT2D eigenvalue weighted by molar-refractivity contribution is 0.153. The molecule has 6 nitrogen and oxygen atoms in total. The van der Waals surface area contributed by atoms with Gasteiger partial charge in [0.2, 0.25) is 0 Å². The number of rotatable bonds is 5. The van der Waals surface area contributed by atoms with Gasteiger partial charge >= 0.3 is 0 Å². The van der Waals surface area contributed by atoms with Gasteiger partial charge in [0.15, 0.2) is 0 Å². The third-order valence-corrected chi connectivity index (χ3v) is 5.21. The predicted octanol–water partition coefficient (Wildman–Crippen LogP) is 2.93. The monoisotopic (exact) mass is 377 g/mol. The van der Waals surface area contributed by atoms with Crippen molar-refractivity contribution >= 4 is 16.7 Å². The molecule has 0 amide bonds. The molecule has 6 heteroatoms. The summed E-state index contributed by atoms with van der Waals surface area (Å²) < 4.78 is 0. The van der Waals surface area contributed by atoms with Crippen LogP contribution in [0.4, 0.5) is 5.82 Å². The number of aliphatic hydroxyl groups excluding tert-OH is 1. The second-order valence-electron chi connectivity index (χ2n) is 7.78. The van der Waals surface area contributed by atoms with E-state index in [9.17, 15) is 5.11 Å². The van der Waals surface area contributed by atoms with Gasteiger partial charge in [0, 0.05) is 55.7 Å². The first-order valence-corrected chi connectivity index (χ1v) is 9.85. The van der Waals surface area contributed by atoms with Crippen LogP contribution in [0.5, 0.6) is 0 Å². The summed E-state index contributed by atoms with van der Waals surface area (Å²) in [6, 6.07) is 8.62. The molecule has 1 N–H and O–H groups in total. The zero-order valence-corrected chi connectivity index (χ0v) is 16.5. The number of fused-ring (bicyclic) bond motifs is 1. The van der Waals surface area contributed by atoms with Crippen LogP contribution < -0.4 is 4.90 Å². The second kappa shape index (κ2) is 8.20. The van der Waals surface area contributed by atoms with E-state index in [4.69, 9.17) is 4.98 Å². The number of aromatic nitrogens is 3. The van der Waals surface area contributed by atoms with E-state index in [0.29, 0.717) is 6.54 Å². The van der Waals surface area contributed by atoms with E-state index in [2.05, 4.69) is 58.0 Å². The Morgan fingerprint density at radius 3 is 2.89 bits per heavy atom. The minimum atomic E-state index is -0.283. The van der Waals surface area contributed by atoms with Crippen molar-refractivity contribution in [3.05, 3.63) is 59.7 Å². The fraction of sp³-hybridized carbons (Fsp3) is 0.409. The molecular formula is C22H27N5O. The average molecular weight is 377 g/mol. The van der Waals surface area contributed by atoms with Gasteiger partial charge in [-0.05, 0) is 45.0 Å². The van der Waals surface area contributed by atoms with Crippen LogP contribution in [-0.2, 0) is 13.1 Å². The molecular weight excluding hydrogens is 350 g/mol. The minimum Gasteiger partial charge on any atom is -0.391 e. The van der Waals surface area contributed by atoms with E-state index >= 15 is 0 Å². The molecule has 0 radical (unpaired) electrons. The molecule has 1 saturated heterocycles. The van der Waals surface area contributed by atoms with E-state index in [1.54, 1.807) is 18.6 Å². The summed E-state index contributed by atoms with van der Waals surface area (Å²) in [5.41, 5.74) is 4.36. The third-order valence-electron chi connectivity index (χ3n) is 5.21. The Kier molecular flexibility index (Phi) is 5.50. The Bertz CT molecular complexity index is 946. The molecule has 0 bridgehead atoms. The molecule has 146 valence electrons. The molecule has 3 aromatic rings. The lowest BCUT2D eigenvalue weighted by Crippen LogP contribution is -2.39. The van der Waals surface area contributed by atoms with E-state index in [-0.39, 0.29) is 6.10 Å². The van der Waals surface area contributed by atoms with Gasteiger partial charge in [-0.25, -0.2) is 4.98 Å². The number of hydrogen-bond donors (Lipinski definition) is 1. The van der Waals surface area contributed by atoms with Gasteiger partial charge in [0.25, 0.3) is 0 Å². The van der Waals surface area contributed by atoms with Gasteiger partial charge in [-0.3, -0.25) is 14.9 Å². The number of pyridine rings is 1. The van der Waals surface area contributed by atoms with Crippen LogP contribution in [0.3, 0.4) is 0 Å². The normalized spacial score (nSPS) is 17.4. The first kappa shape index (κ1) is 18.8. The Morgan fingerprint density at radius 1 is 1.21 bits per heavy atom. The molecule has 1 aliphatic rings. The van der Waals surface area contributed by atoms with Gasteiger partial charge in [-0.1, -0.05) is 11.6 Å². The van der Waals surface area contributed by atoms with Crippen LogP contribution in [0.25, 0.3) is 10.9 Å². The van der Waals surface area contributed by atoms with Crippen molar-refractivity contribution in [3.8, 4) is 0 Å². The predicted molar refractivity (Wildman–Crippen MR) is 111 cm³/mol. The van der Waals surface area contributed by atoms with E-state index < -0.39 is 0 Å². The Labute approximate surface area is 165 Å². The smallest absolute Gasteiger partial charge is 0.133 e. The second-order valence-corrected chi connectivity index (χ2v) is 7.78. The van der Waals surface area contributed by atoms with Crippen molar-refractivity contribution in [2.45, 2.75) is 39.0 Å². The fourth-order valence-electron chi connectivity index (χ4n) is 3.90. The molecule has 1 aromatic carbocycles. The summed E-state index contributed by atoms with van der Waals surface area (Å²) in [5, 5.41) is 11.3. The first-order chi connectivity index (χ1) is 13.6. The molecule has 1 aliphatic heterocycles. The number of aliphatic hydroxyl groups is 1. The maximum atomic E-state index is 10.2. The molecule has 0 spiro atoms. The highest BCUT2D eigenvalue weighted by atomic mass is 16.3. The number of β-amino-alcohol motifs (C(OH)–C–C–N with tert-alkyl or cyclic N) is 1. The number of hydrogen-bond acceptors (Lipinski definition) is 6. The molecule has 1 atom stereocenters. The molecule has 1 unspecified atom stereocenters. The van der Waals surface area contributed by atoms with Crippen molar-refractivity contribution in [3.63, 3.8) is 0 Å². The molecule has 0 saturated carbocycles. The summed E-state index contributed by atoms with van der Waals surface area (Å²) in [7, 11) is 2.09. The van der Waals surface area contributed by atoms with Crippen LogP contribution in [0.15, 0.2) is 42.9 Å². The summed E-state index contributed by atoms with van der Waals surface area (Å²) in [6.45, 7) is 5.17. The van der Waals surface area contributed by atoms with Crippen molar-refractivity contribution < 1.29 is 5.11 Å². The lowest BCUT2D eigenvalue weighted by Gasteiger charge is -2.33. The summed E-state index contributed by atoms with van der Waals surface area (Å²) in [4.78, 5) is 18.0. The number of nitrogens with zero attached hydrogens (tertiary/aromatic N) is 5. The fourth-order valence-corrected chi connectivity index (χ4v) is 3.90. The lowest BCUT2D eigenvalue weighted by atomic mass is 10.1. The van der Waals surface area contributed by atoms with Gasteiger partial charge in [0.05, 0.1) is 17.3 Å². The highest BCUT2D eigenvalue weighted by Gasteiger charge is 2.22. The molecule has 3 heterocycles. The van der Waals surface area contributed by atoms with Crippen LogP contribution in [0.1, 0.15) is 29.7 Å². The van der Waals surface area contributed by atoms with Gasteiger partial charge in [-0.15, -0.1) is 0 Å². The summed E-state index contributed by atoms with van der Waals surface area (Å²) in [6.07, 6.45) is 6.80. The average Bonchev–Trinajstić information content (AvgIpc) is 2.68. The van der Waals surface area contributed by atoms with Crippen LogP contribution in [0.2, 0.25) is 0 Å². The highest BCUT2D eigenvalue weighted by molar-refractivity contribution is 5.82. The number of anilines is 1.